The standard InChI is InChI=1S/C22H22ClN3O4/c1-15-4-2-3-5-18(15)21-24-22(30-25-21)19-14-26(11-13-29-19)20(27)10-12-28-17-8-6-16(23)7-9-17/h2-9,19H,10-14H2,1H3/t19-/m1/s1. The molecule has 0 aliphatic carbocycles. The molecule has 1 aromatic heterocycles. The predicted octanol–water partition coefficient (Wildman–Crippen LogP) is 4.07. The molecule has 0 N–H and O–H groups in total. The summed E-state index contributed by atoms with van der Waals surface area (Å²) < 4.78 is 16.8. The van der Waals surface area contributed by atoms with Gasteiger partial charge in [-0.3, -0.25) is 4.79 Å². The lowest BCUT2D eigenvalue weighted by Gasteiger charge is -2.31. The summed E-state index contributed by atoms with van der Waals surface area (Å²) in [6.07, 6.45) is -0.168. The molecule has 3 aromatic rings. The second-order valence-corrected chi connectivity index (χ2v) is 7.46. The molecule has 0 bridgehead atoms. The Morgan fingerprint density at radius 2 is 2.03 bits per heavy atom. The van der Waals surface area contributed by atoms with Crippen molar-refractivity contribution in [1.29, 1.82) is 0 Å². The normalized spacial score (nSPS) is 16.5. The average Bonchev–Trinajstić information content (AvgIpc) is 3.25. The molecule has 1 aliphatic rings. The minimum atomic E-state index is -0.440. The lowest BCUT2D eigenvalue weighted by atomic mass is 10.1. The van der Waals surface area contributed by atoms with E-state index in [1.165, 1.54) is 0 Å². The molecular formula is C22H22ClN3O4. The van der Waals surface area contributed by atoms with Gasteiger partial charge in [-0.15, -0.1) is 0 Å². The van der Waals surface area contributed by atoms with Gasteiger partial charge in [0.05, 0.1) is 26.2 Å². The first-order valence-electron chi connectivity index (χ1n) is 9.77. The zero-order chi connectivity index (χ0) is 20.9. The maximum absolute atomic E-state index is 12.6. The minimum absolute atomic E-state index is 0.00379. The van der Waals surface area contributed by atoms with Crippen LogP contribution in [-0.4, -0.2) is 47.3 Å². The van der Waals surface area contributed by atoms with E-state index in [-0.39, 0.29) is 12.3 Å². The average molecular weight is 428 g/mol. The van der Waals surface area contributed by atoms with E-state index >= 15 is 0 Å². The number of aryl methyl sites for hydroxylation is 1. The van der Waals surface area contributed by atoms with Crippen molar-refractivity contribution in [2.24, 2.45) is 0 Å². The first-order chi connectivity index (χ1) is 14.6. The summed E-state index contributed by atoms with van der Waals surface area (Å²) in [5, 5.41) is 4.73. The second kappa shape index (κ2) is 9.28. The van der Waals surface area contributed by atoms with Gasteiger partial charge in [0, 0.05) is 17.1 Å². The van der Waals surface area contributed by atoms with Crippen LogP contribution in [0.15, 0.2) is 53.1 Å². The van der Waals surface area contributed by atoms with Gasteiger partial charge in [-0.1, -0.05) is 41.0 Å². The highest BCUT2D eigenvalue weighted by Gasteiger charge is 2.29. The molecule has 2 aromatic carbocycles. The maximum atomic E-state index is 12.6. The molecule has 1 amide bonds. The molecule has 8 heteroatoms. The first-order valence-corrected chi connectivity index (χ1v) is 10.2. The smallest absolute Gasteiger partial charge is 0.257 e. The Labute approximate surface area is 179 Å². The van der Waals surface area contributed by atoms with Crippen LogP contribution in [0.3, 0.4) is 0 Å². The van der Waals surface area contributed by atoms with E-state index in [0.717, 1.165) is 11.1 Å². The Balaban J connectivity index is 1.33. The van der Waals surface area contributed by atoms with Gasteiger partial charge in [-0.05, 0) is 36.8 Å². The quantitative estimate of drug-likeness (QED) is 0.590. The molecule has 1 atom stereocenters. The number of morpholine rings is 1. The summed E-state index contributed by atoms with van der Waals surface area (Å²) in [4.78, 5) is 18.8. The van der Waals surface area contributed by atoms with Gasteiger partial charge in [-0.2, -0.15) is 4.98 Å². The third-order valence-corrected chi connectivity index (χ3v) is 5.17. The molecule has 0 radical (unpaired) electrons. The number of amides is 1. The molecule has 0 saturated carbocycles. The van der Waals surface area contributed by atoms with Crippen LogP contribution in [0, 0.1) is 6.92 Å². The van der Waals surface area contributed by atoms with E-state index in [1.807, 2.05) is 31.2 Å². The van der Waals surface area contributed by atoms with Crippen LogP contribution in [0.5, 0.6) is 5.75 Å². The van der Waals surface area contributed by atoms with E-state index in [0.29, 0.717) is 48.8 Å². The molecule has 0 spiro atoms. The number of benzene rings is 2. The fraction of sp³-hybridized carbons (Fsp3) is 0.318. The number of carbonyl (C=O) groups excluding carboxylic acids is 1. The summed E-state index contributed by atoms with van der Waals surface area (Å²) in [6.45, 7) is 3.59. The topological polar surface area (TPSA) is 77.7 Å². The predicted molar refractivity (Wildman–Crippen MR) is 111 cm³/mol. The van der Waals surface area contributed by atoms with E-state index in [9.17, 15) is 4.79 Å². The van der Waals surface area contributed by atoms with Gasteiger partial charge in [0.1, 0.15) is 5.75 Å². The number of nitrogens with zero attached hydrogens (tertiary/aromatic N) is 3. The third kappa shape index (κ3) is 4.80. The molecule has 156 valence electrons. The fourth-order valence-corrected chi connectivity index (χ4v) is 3.40. The third-order valence-electron chi connectivity index (χ3n) is 4.92. The molecular weight excluding hydrogens is 406 g/mol. The number of halogens is 1. The van der Waals surface area contributed by atoms with E-state index in [4.69, 9.17) is 25.6 Å². The largest absolute Gasteiger partial charge is 0.493 e. The van der Waals surface area contributed by atoms with Crippen molar-refractivity contribution in [3.8, 4) is 17.1 Å². The zero-order valence-electron chi connectivity index (χ0n) is 16.6. The van der Waals surface area contributed by atoms with Crippen molar-refractivity contribution in [3.63, 3.8) is 0 Å². The Morgan fingerprint density at radius 1 is 1.23 bits per heavy atom. The highest BCUT2D eigenvalue weighted by Crippen LogP contribution is 2.25. The maximum Gasteiger partial charge on any atom is 0.257 e. The second-order valence-electron chi connectivity index (χ2n) is 7.02. The summed E-state index contributed by atoms with van der Waals surface area (Å²) in [5.41, 5.74) is 1.97. The van der Waals surface area contributed by atoms with Crippen molar-refractivity contribution in [1.82, 2.24) is 15.0 Å². The Kier molecular flexibility index (Phi) is 6.30. The van der Waals surface area contributed by atoms with Crippen molar-refractivity contribution < 1.29 is 18.8 Å². The SMILES string of the molecule is Cc1ccccc1-c1noc([C@H]2CN(C(=O)CCOc3ccc(Cl)cc3)CCO2)n1. The minimum Gasteiger partial charge on any atom is -0.493 e. The Morgan fingerprint density at radius 3 is 2.83 bits per heavy atom. The molecule has 0 unspecified atom stereocenters. The highest BCUT2D eigenvalue weighted by atomic mass is 35.5. The van der Waals surface area contributed by atoms with Crippen LogP contribution >= 0.6 is 11.6 Å². The lowest BCUT2D eigenvalue weighted by molar-refractivity contribution is -0.140. The van der Waals surface area contributed by atoms with E-state index in [1.54, 1.807) is 29.2 Å². The van der Waals surface area contributed by atoms with E-state index < -0.39 is 6.10 Å². The Bertz CT molecular complexity index is 1010. The number of aromatic nitrogens is 2. The van der Waals surface area contributed by atoms with Crippen LogP contribution in [0.25, 0.3) is 11.4 Å². The van der Waals surface area contributed by atoms with Crippen LogP contribution in [0.4, 0.5) is 0 Å². The number of hydrogen-bond donors (Lipinski definition) is 0. The highest BCUT2D eigenvalue weighted by molar-refractivity contribution is 6.30. The molecule has 1 fully saturated rings. The van der Waals surface area contributed by atoms with Crippen LogP contribution < -0.4 is 4.74 Å². The van der Waals surface area contributed by atoms with Gasteiger partial charge in [0.2, 0.25) is 11.7 Å². The van der Waals surface area contributed by atoms with Gasteiger partial charge < -0.3 is 18.9 Å². The van der Waals surface area contributed by atoms with Gasteiger partial charge in [-0.25, -0.2) is 0 Å². The van der Waals surface area contributed by atoms with Crippen molar-refractivity contribution in [2.75, 3.05) is 26.3 Å². The molecule has 1 saturated heterocycles. The Hall–Kier alpha value is -2.90. The summed E-state index contributed by atoms with van der Waals surface area (Å²) in [6, 6.07) is 14.9. The summed E-state index contributed by atoms with van der Waals surface area (Å²) in [5.74, 6) is 1.58. The summed E-state index contributed by atoms with van der Waals surface area (Å²) >= 11 is 5.86. The first kappa shape index (κ1) is 20.4. The number of hydrogen-bond acceptors (Lipinski definition) is 6. The lowest BCUT2D eigenvalue weighted by Crippen LogP contribution is -2.42. The molecule has 2 heterocycles. The van der Waals surface area contributed by atoms with Crippen molar-refractivity contribution in [2.45, 2.75) is 19.4 Å². The van der Waals surface area contributed by atoms with Gasteiger partial charge >= 0.3 is 0 Å². The molecule has 30 heavy (non-hydrogen) atoms. The zero-order valence-corrected chi connectivity index (χ0v) is 17.3. The molecule has 7 nitrogen and oxygen atoms in total. The monoisotopic (exact) mass is 427 g/mol. The molecule has 4 rings (SSSR count). The van der Waals surface area contributed by atoms with E-state index in [2.05, 4.69) is 10.1 Å². The number of ether oxygens (including phenoxy) is 2. The van der Waals surface area contributed by atoms with Gasteiger partial charge in [0.25, 0.3) is 5.89 Å². The molecule has 1 aliphatic heterocycles. The van der Waals surface area contributed by atoms with Gasteiger partial charge in [0.15, 0.2) is 6.10 Å². The summed E-state index contributed by atoms with van der Waals surface area (Å²) in [7, 11) is 0. The van der Waals surface area contributed by atoms with Crippen LogP contribution in [0.2, 0.25) is 5.02 Å². The van der Waals surface area contributed by atoms with Crippen molar-refractivity contribution >= 4 is 17.5 Å². The fourth-order valence-electron chi connectivity index (χ4n) is 3.27. The van der Waals surface area contributed by atoms with Crippen LogP contribution in [-0.2, 0) is 9.53 Å². The van der Waals surface area contributed by atoms with Crippen molar-refractivity contribution in [3.05, 3.63) is 65.0 Å². The van der Waals surface area contributed by atoms with Crippen LogP contribution in [0.1, 0.15) is 24.0 Å². The number of carbonyl (C=O) groups is 1. The number of rotatable bonds is 6.